The van der Waals surface area contributed by atoms with Gasteiger partial charge < -0.3 is 10.2 Å². The van der Waals surface area contributed by atoms with E-state index in [-0.39, 0.29) is 5.91 Å². The molecule has 0 aromatic heterocycles. The monoisotopic (exact) mass is 202 g/mol. The zero-order chi connectivity index (χ0) is 10.7. The van der Waals surface area contributed by atoms with Crippen molar-refractivity contribution in [1.82, 2.24) is 4.90 Å². The number of nitrogens with zero attached hydrogens (tertiary/aromatic N) is 1. The van der Waals surface area contributed by atoms with Gasteiger partial charge in [-0.25, -0.2) is 0 Å². The fourth-order valence-electron chi connectivity index (χ4n) is 1.70. The minimum absolute atomic E-state index is 0.0636. The molecular weight excluding hydrogens is 188 g/mol. The molecule has 0 saturated carbocycles. The Bertz CT molecular complexity index is 398. The molecule has 0 atom stereocenters. The summed E-state index contributed by atoms with van der Waals surface area (Å²) < 4.78 is 0. The van der Waals surface area contributed by atoms with Crippen LogP contribution in [0.25, 0.3) is 0 Å². The molecule has 0 bridgehead atoms. The number of carbonyl (C=O) groups excluding carboxylic acids is 1. The molecule has 0 radical (unpaired) electrons. The van der Waals surface area contributed by atoms with Crippen molar-refractivity contribution < 1.29 is 4.79 Å². The van der Waals surface area contributed by atoms with Crippen molar-refractivity contribution in [2.75, 3.05) is 18.9 Å². The van der Waals surface area contributed by atoms with Crippen LogP contribution in [-0.2, 0) is 0 Å². The summed E-state index contributed by atoms with van der Waals surface area (Å²) in [6.45, 7) is 0.789. The number of benzene rings is 1. The van der Waals surface area contributed by atoms with Gasteiger partial charge in [-0.3, -0.25) is 4.79 Å². The van der Waals surface area contributed by atoms with Crippen molar-refractivity contribution in [3.63, 3.8) is 0 Å². The summed E-state index contributed by atoms with van der Waals surface area (Å²) in [6, 6.07) is 7.56. The number of carbonyl (C=O) groups is 1. The van der Waals surface area contributed by atoms with Gasteiger partial charge in [0.1, 0.15) is 0 Å². The highest BCUT2D eigenvalue weighted by molar-refractivity contribution is 6.00. The number of hydrogen-bond donors (Lipinski definition) is 1. The maximum Gasteiger partial charge on any atom is 0.259 e. The Labute approximate surface area is 89.4 Å². The highest BCUT2D eigenvalue weighted by Gasteiger charge is 2.17. The standard InChI is InChI=1S/C12H14N2O/c1-13-11-7-3-2-6-10(11)12(15)14-8-4-5-9-14/h2-4,6-8,13H,5,9H2,1H3. The molecule has 3 nitrogen and oxygen atoms in total. The Morgan fingerprint density at radius 3 is 2.87 bits per heavy atom. The van der Waals surface area contributed by atoms with Crippen molar-refractivity contribution in [2.45, 2.75) is 6.42 Å². The topological polar surface area (TPSA) is 32.3 Å². The van der Waals surface area contributed by atoms with Gasteiger partial charge in [0.25, 0.3) is 5.91 Å². The number of hydrogen-bond acceptors (Lipinski definition) is 2. The van der Waals surface area contributed by atoms with Crippen LogP contribution in [-0.4, -0.2) is 24.4 Å². The summed E-state index contributed by atoms with van der Waals surface area (Å²) in [7, 11) is 1.83. The number of nitrogens with one attached hydrogen (secondary N) is 1. The molecule has 1 amide bonds. The van der Waals surface area contributed by atoms with Crippen LogP contribution in [0.5, 0.6) is 0 Å². The van der Waals surface area contributed by atoms with E-state index in [0.29, 0.717) is 0 Å². The molecule has 1 aromatic rings. The first kappa shape index (κ1) is 9.77. The van der Waals surface area contributed by atoms with E-state index in [4.69, 9.17) is 0 Å². The van der Waals surface area contributed by atoms with E-state index in [0.717, 1.165) is 24.2 Å². The lowest BCUT2D eigenvalue weighted by atomic mass is 10.1. The van der Waals surface area contributed by atoms with Gasteiger partial charge in [0, 0.05) is 25.5 Å². The molecule has 0 fully saturated rings. The van der Waals surface area contributed by atoms with Gasteiger partial charge in [0.2, 0.25) is 0 Å². The molecule has 1 N–H and O–H groups in total. The molecule has 1 aliphatic rings. The number of anilines is 1. The van der Waals surface area contributed by atoms with Gasteiger partial charge in [0.05, 0.1) is 5.56 Å². The number of amides is 1. The van der Waals surface area contributed by atoms with E-state index in [1.54, 1.807) is 4.90 Å². The second-order valence-corrected chi connectivity index (χ2v) is 3.47. The summed E-state index contributed by atoms with van der Waals surface area (Å²) in [4.78, 5) is 13.8. The average Bonchev–Trinajstić information content (AvgIpc) is 2.81. The maximum atomic E-state index is 12.1. The van der Waals surface area contributed by atoms with Crippen molar-refractivity contribution >= 4 is 11.6 Å². The van der Waals surface area contributed by atoms with Gasteiger partial charge in [-0.05, 0) is 18.6 Å². The van der Waals surface area contributed by atoms with Crippen LogP contribution in [0.3, 0.4) is 0 Å². The van der Waals surface area contributed by atoms with Gasteiger partial charge in [-0.2, -0.15) is 0 Å². The smallest absolute Gasteiger partial charge is 0.259 e. The summed E-state index contributed by atoms with van der Waals surface area (Å²) in [6.07, 6.45) is 4.82. The quantitative estimate of drug-likeness (QED) is 0.796. The summed E-state index contributed by atoms with van der Waals surface area (Å²) in [5, 5.41) is 3.03. The molecule has 0 aliphatic carbocycles. The summed E-state index contributed by atoms with van der Waals surface area (Å²) in [5.74, 6) is 0.0636. The Hall–Kier alpha value is -1.77. The Morgan fingerprint density at radius 2 is 2.20 bits per heavy atom. The van der Waals surface area contributed by atoms with E-state index >= 15 is 0 Å². The first-order valence-electron chi connectivity index (χ1n) is 5.07. The number of rotatable bonds is 2. The van der Waals surface area contributed by atoms with Crippen LogP contribution < -0.4 is 5.32 Å². The average molecular weight is 202 g/mol. The molecule has 78 valence electrons. The SMILES string of the molecule is CNc1ccccc1C(=O)N1C=CCC1. The van der Waals surface area contributed by atoms with Crippen molar-refractivity contribution in [3.8, 4) is 0 Å². The maximum absolute atomic E-state index is 12.1. The second-order valence-electron chi connectivity index (χ2n) is 3.47. The molecule has 0 unspecified atom stereocenters. The van der Waals surface area contributed by atoms with Crippen LogP contribution in [0, 0.1) is 0 Å². The third-order valence-corrected chi connectivity index (χ3v) is 2.51. The van der Waals surface area contributed by atoms with Crippen LogP contribution in [0.1, 0.15) is 16.8 Å². The first-order valence-corrected chi connectivity index (χ1v) is 5.07. The van der Waals surface area contributed by atoms with Gasteiger partial charge in [0.15, 0.2) is 0 Å². The lowest BCUT2D eigenvalue weighted by molar-refractivity contribution is 0.0834. The predicted molar refractivity (Wildman–Crippen MR) is 60.8 cm³/mol. The van der Waals surface area contributed by atoms with Crippen LogP contribution in [0.4, 0.5) is 5.69 Å². The second kappa shape index (κ2) is 4.17. The van der Waals surface area contributed by atoms with Gasteiger partial charge in [-0.1, -0.05) is 18.2 Å². The van der Waals surface area contributed by atoms with Gasteiger partial charge >= 0.3 is 0 Å². The molecule has 0 saturated heterocycles. The third kappa shape index (κ3) is 1.86. The Kier molecular flexibility index (Phi) is 2.72. The van der Waals surface area contributed by atoms with Crippen molar-refractivity contribution in [1.29, 1.82) is 0 Å². The Balaban J connectivity index is 2.28. The van der Waals surface area contributed by atoms with Crippen LogP contribution in [0.2, 0.25) is 0 Å². The molecular formula is C12H14N2O. The van der Waals surface area contributed by atoms with Crippen molar-refractivity contribution in [3.05, 3.63) is 42.1 Å². The van der Waals surface area contributed by atoms with Crippen LogP contribution >= 0.6 is 0 Å². The van der Waals surface area contributed by atoms with E-state index in [1.807, 2.05) is 43.6 Å². The lowest BCUT2D eigenvalue weighted by Crippen LogP contribution is -2.24. The van der Waals surface area contributed by atoms with Gasteiger partial charge in [-0.15, -0.1) is 0 Å². The number of para-hydroxylation sites is 1. The molecule has 1 heterocycles. The summed E-state index contributed by atoms with van der Waals surface area (Å²) in [5.41, 5.74) is 1.61. The normalized spacial score (nSPS) is 14.3. The Morgan fingerprint density at radius 1 is 1.40 bits per heavy atom. The van der Waals surface area contributed by atoms with E-state index in [1.165, 1.54) is 0 Å². The van der Waals surface area contributed by atoms with E-state index < -0.39 is 0 Å². The predicted octanol–water partition coefficient (Wildman–Crippen LogP) is 2.09. The highest BCUT2D eigenvalue weighted by atomic mass is 16.2. The molecule has 15 heavy (non-hydrogen) atoms. The summed E-state index contributed by atoms with van der Waals surface area (Å²) >= 11 is 0. The molecule has 3 heteroatoms. The van der Waals surface area contributed by atoms with E-state index in [2.05, 4.69) is 5.32 Å². The largest absolute Gasteiger partial charge is 0.387 e. The lowest BCUT2D eigenvalue weighted by Gasteiger charge is -2.15. The molecule has 1 aliphatic heterocycles. The van der Waals surface area contributed by atoms with Crippen LogP contribution in [0.15, 0.2) is 36.5 Å². The minimum atomic E-state index is 0.0636. The first-order chi connectivity index (χ1) is 7.33. The zero-order valence-electron chi connectivity index (χ0n) is 8.73. The highest BCUT2D eigenvalue weighted by Crippen LogP contribution is 2.18. The van der Waals surface area contributed by atoms with Crippen molar-refractivity contribution in [2.24, 2.45) is 0 Å². The third-order valence-electron chi connectivity index (χ3n) is 2.51. The minimum Gasteiger partial charge on any atom is -0.387 e. The fraction of sp³-hybridized carbons (Fsp3) is 0.250. The molecule has 2 rings (SSSR count). The van der Waals surface area contributed by atoms with E-state index in [9.17, 15) is 4.79 Å². The molecule has 0 spiro atoms. The zero-order valence-corrected chi connectivity index (χ0v) is 8.73. The fourth-order valence-corrected chi connectivity index (χ4v) is 1.70. The molecule has 1 aromatic carbocycles.